The van der Waals surface area contributed by atoms with Crippen LogP contribution in [0.3, 0.4) is 0 Å². The van der Waals surface area contributed by atoms with E-state index in [1.54, 1.807) is 0 Å². The number of hydrogen-bond acceptors (Lipinski definition) is 3. The fraction of sp³-hybridized carbons (Fsp3) is 0.368. The molecule has 2 heterocycles. The zero-order valence-corrected chi connectivity index (χ0v) is 13.2. The molecule has 3 nitrogen and oxygen atoms in total. The van der Waals surface area contributed by atoms with Gasteiger partial charge in [0.25, 0.3) is 0 Å². The Balaban J connectivity index is 1.68. The Kier molecular flexibility index (Phi) is 3.98. The van der Waals surface area contributed by atoms with Crippen LogP contribution in [0.4, 0.5) is 8.78 Å². The molecule has 0 aliphatic carbocycles. The third kappa shape index (κ3) is 2.68. The number of nitrogens with zero attached hydrogens (tertiary/aromatic N) is 1. The van der Waals surface area contributed by atoms with Gasteiger partial charge in [-0.1, -0.05) is 18.2 Å². The largest absolute Gasteiger partial charge is 0.493 e. The van der Waals surface area contributed by atoms with Crippen LogP contribution in [0.1, 0.15) is 17.2 Å². The van der Waals surface area contributed by atoms with Gasteiger partial charge >= 0.3 is 0 Å². The first-order valence-electron chi connectivity index (χ1n) is 8.17. The van der Waals surface area contributed by atoms with E-state index in [4.69, 9.17) is 4.74 Å². The van der Waals surface area contributed by atoms with Gasteiger partial charge in [-0.05, 0) is 23.8 Å². The van der Waals surface area contributed by atoms with E-state index in [1.165, 1.54) is 12.1 Å². The van der Waals surface area contributed by atoms with Gasteiger partial charge < -0.3 is 9.84 Å². The number of fused-ring (bicyclic) bond motifs is 3. The van der Waals surface area contributed by atoms with Crippen molar-refractivity contribution in [1.82, 2.24) is 4.90 Å². The van der Waals surface area contributed by atoms with Gasteiger partial charge in [0, 0.05) is 49.2 Å². The molecule has 1 saturated heterocycles. The monoisotopic (exact) mass is 331 g/mol. The first kappa shape index (κ1) is 15.5. The topological polar surface area (TPSA) is 32.7 Å². The number of para-hydroxylation sites is 1. The molecule has 0 radical (unpaired) electrons. The summed E-state index contributed by atoms with van der Waals surface area (Å²) in [5.41, 5.74) is 1.69. The van der Waals surface area contributed by atoms with Crippen molar-refractivity contribution in [3.8, 4) is 5.75 Å². The van der Waals surface area contributed by atoms with Gasteiger partial charge in [0.05, 0.1) is 6.61 Å². The molecule has 2 aromatic carbocycles. The second kappa shape index (κ2) is 6.15. The number of aliphatic hydroxyl groups excluding tert-OH is 1. The number of benzene rings is 2. The van der Waals surface area contributed by atoms with Gasteiger partial charge in [0.15, 0.2) is 0 Å². The van der Waals surface area contributed by atoms with Crippen LogP contribution in [0.25, 0.3) is 0 Å². The maximum atomic E-state index is 13.5. The van der Waals surface area contributed by atoms with Gasteiger partial charge in [0.2, 0.25) is 0 Å². The van der Waals surface area contributed by atoms with Crippen LogP contribution in [-0.4, -0.2) is 29.8 Å². The summed E-state index contributed by atoms with van der Waals surface area (Å²) in [4.78, 5) is 2.20. The van der Waals surface area contributed by atoms with Crippen LogP contribution in [0, 0.1) is 23.5 Å². The molecule has 126 valence electrons. The number of rotatable bonds is 3. The van der Waals surface area contributed by atoms with Gasteiger partial charge in [-0.25, -0.2) is 8.78 Å². The van der Waals surface area contributed by atoms with Gasteiger partial charge in [-0.3, -0.25) is 4.90 Å². The molecule has 4 rings (SSSR count). The Morgan fingerprint density at radius 3 is 2.62 bits per heavy atom. The van der Waals surface area contributed by atoms with E-state index in [-0.39, 0.29) is 24.5 Å². The minimum Gasteiger partial charge on any atom is -0.493 e. The van der Waals surface area contributed by atoms with E-state index in [1.807, 2.05) is 24.3 Å². The summed E-state index contributed by atoms with van der Waals surface area (Å²) in [6.07, 6.45) is 0. The molecule has 0 saturated carbocycles. The van der Waals surface area contributed by atoms with Crippen LogP contribution in [0.5, 0.6) is 5.75 Å². The van der Waals surface area contributed by atoms with Crippen molar-refractivity contribution in [3.63, 3.8) is 0 Å². The smallest absolute Gasteiger partial charge is 0.126 e. The van der Waals surface area contributed by atoms with E-state index >= 15 is 0 Å². The zero-order valence-electron chi connectivity index (χ0n) is 13.2. The number of likely N-dealkylation sites (tertiary alicyclic amines) is 1. The fourth-order valence-electron chi connectivity index (χ4n) is 4.07. The van der Waals surface area contributed by atoms with E-state index in [9.17, 15) is 13.9 Å². The molecule has 24 heavy (non-hydrogen) atoms. The summed E-state index contributed by atoms with van der Waals surface area (Å²) in [7, 11) is 0. The average Bonchev–Trinajstić information content (AvgIpc) is 2.92. The molecule has 5 heteroatoms. The summed E-state index contributed by atoms with van der Waals surface area (Å²) in [6.45, 7) is 1.77. The van der Waals surface area contributed by atoms with Crippen LogP contribution in [0.2, 0.25) is 0 Å². The molecule has 0 spiro atoms. The first-order valence-corrected chi connectivity index (χ1v) is 8.17. The molecule has 0 amide bonds. The van der Waals surface area contributed by atoms with E-state index in [2.05, 4.69) is 4.90 Å². The molecule has 2 aliphatic heterocycles. The standard InChI is InChI=1S/C19H19F2NO2/c20-14-5-12(6-15(21)7-14)8-22-9-13(10-23)17-11-24-18-4-2-1-3-16(18)19(17)22/h1-7,13,17,19,23H,8-11H2/t13-,17-,19-/m0/s1. The maximum absolute atomic E-state index is 13.5. The zero-order chi connectivity index (χ0) is 16.7. The molecular weight excluding hydrogens is 312 g/mol. The van der Waals surface area contributed by atoms with E-state index in [0.717, 1.165) is 17.4 Å². The minimum atomic E-state index is -0.563. The van der Waals surface area contributed by atoms with Crippen LogP contribution < -0.4 is 4.74 Å². The first-order chi connectivity index (χ1) is 11.7. The molecule has 2 aliphatic rings. The molecule has 1 N–H and O–H groups in total. The highest BCUT2D eigenvalue weighted by Gasteiger charge is 2.45. The second-order valence-electron chi connectivity index (χ2n) is 6.61. The number of hydrogen-bond donors (Lipinski definition) is 1. The minimum absolute atomic E-state index is 0.0840. The van der Waals surface area contributed by atoms with Crippen molar-refractivity contribution >= 4 is 0 Å². The second-order valence-corrected chi connectivity index (χ2v) is 6.61. The number of aliphatic hydroxyl groups is 1. The highest BCUT2D eigenvalue weighted by atomic mass is 19.1. The molecule has 2 aromatic rings. The predicted molar refractivity (Wildman–Crippen MR) is 85.5 cm³/mol. The highest BCUT2D eigenvalue weighted by molar-refractivity contribution is 5.39. The summed E-state index contributed by atoms with van der Waals surface area (Å²) in [5, 5.41) is 9.72. The Labute approximate surface area is 139 Å². The quantitative estimate of drug-likeness (QED) is 0.938. The highest BCUT2D eigenvalue weighted by Crippen LogP contribution is 2.47. The Bertz CT molecular complexity index is 732. The number of ether oxygens (including phenoxy) is 1. The summed E-state index contributed by atoms with van der Waals surface area (Å²) < 4.78 is 32.8. The lowest BCUT2D eigenvalue weighted by Crippen LogP contribution is -2.32. The summed E-state index contributed by atoms with van der Waals surface area (Å²) >= 11 is 0. The molecule has 0 unspecified atom stereocenters. The maximum Gasteiger partial charge on any atom is 0.126 e. The third-order valence-electron chi connectivity index (χ3n) is 5.08. The van der Waals surface area contributed by atoms with Gasteiger partial charge in [-0.2, -0.15) is 0 Å². The van der Waals surface area contributed by atoms with Crippen LogP contribution >= 0.6 is 0 Å². The summed E-state index contributed by atoms with van der Waals surface area (Å²) in [6, 6.07) is 11.6. The molecular formula is C19H19F2NO2. The molecule has 0 bridgehead atoms. The third-order valence-corrected chi connectivity index (χ3v) is 5.08. The van der Waals surface area contributed by atoms with Crippen LogP contribution in [-0.2, 0) is 6.54 Å². The predicted octanol–water partition coefficient (Wildman–Crippen LogP) is 3.14. The Morgan fingerprint density at radius 2 is 1.88 bits per heavy atom. The fourth-order valence-corrected chi connectivity index (χ4v) is 4.07. The van der Waals surface area contributed by atoms with Gasteiger partial charge in [0.1, 0.15) is 17.4 Å². The molecule has 3 atom stereocenters. The SMILES string of the molecule is OC[C@@H]1CN(Cc2cc(F)cc(F)c2)[C@H]2c3ccccc3OC[C@@H]12. The average molecular weight is 331 g/mol. The lowest BCUT2D eigenvalue weighted by atomic mass is 9.86. The van der Waals surface area contributed by atoms with Crippen molar-refractivity contribution in [2.45, 2.75) is 12.6 Å². The van der Waals surface area contributed by atoms with E-state index < -0.39 is 11.6 Å². The van der Waals surface area contributed by atoms with Crippen molar-refractivity contribution < 1.29 is 18.6 Å². The normalized spacial score (nSPS) is 25.9. The van der Waals surface area contributed by atoms with Crippen molar-refractivity contribution in [2.75, 3.05) is 19.8 Å². The van der Waals surface area contributed by atoms with Crippen molar-refractivity contribution in [2.24, 2.45) is 11.8 Å². The van der Waals surface area contributed by atoms with Gasteiger partial charge in [-0.15, -0.1) is 0 Å². The Morgan fingerprint density at radius 1 is 1.12 bits per heavy atom. The molecule has 1 fully saturated rings. The van der Waals surface area contributed by atoms with E-state index in [0.29, 0.717) is 25.3 Å². The number of halogens is 2. The van der Waals surface area contributed by atoms with Crippen molar-refractivity contribution in [3.05, 3.63) is 65.2 Å². The lowest BCUT2D eigenvalue weighted by molar-refractivity contribution is 0.118. The summed E-state index contributed by atoms with van der Waals surface area (Å²) in [5.74, 6) is 0.0106. The molecule has 0 aromatic heterocycles. The Hall–Kier alpha value is -1.98. The van der Waals surface area contributed by atoms with Crippen LogP contribution in [0.15, 0.2) is 42.5 Å². The van der Waals surface area contributed by atoms with Crippen molar-refractivity contribution in [1.29, 1.82) is 0 Å². The lowest BCUT2D eigenvalue weighted by Gasteiger charge is -2.34.